The standard InChI is InChI=1S/C15H14N4O4S2/c16-25(21,22)12-3-1-11(2-4-12)17-13(20)5-6-14-18-15(19-23-14)10-7-8-24-9-10/h1-4,7-9H,5-6H2,(H,17,20)(H2,16,21,22). The van der Waals surface area contributed by atoms with Gasteiger partial charge in [0.25, 0.3) is 0 Å². The van der Waals surface area contributed by atoms with Gasteiger partial charge in [0.1, 0.15) is 0 Å². The zero-order valence-electron chi connectivity index (χ0n) is 12.9. The molecule has 0 spiro atoms. The van der Waals surface area contributed by atoms with Gasteiger partial charge in [-0.15, -0.1) is 0 Å². The fourth-order valence-electron chi connectivity index (χ4n) is 2.04. The predicted molar refractivity (Wildman–Crippen MR) is 92.4 cm³/mol. The molecule has 0 bridgehead atoms. The minimum atomic E-state index is -3.75. The van der Waals surface area contributed by atoms with E-state index in [-0.39, 0.29) is 17.2 Å². The molecule has 0 saturated carbocycles. The number of carbonyl (C=O) groups is 1. The number of aryl methyl sites for hydroxylation is 1. The minimum absolute atomic E-state index is 0.0164. The average molecular weight is 378 g/mol. The number of hydrogen-bond donors (Lipinski definition) is 2. The normalized spacial score (nSPS) is 11.4. The van der Waals surface area contributed by atoms with Crippen molar-refractivity contribution in [1.29, 1.82) is 0 Å². The van der Waals surface area contributed by atoms with Gasteiger partial charge in [0.15, 0.2) is 0 Å². The van der Waals surface area contributed by atoms with E-state index in [0.29, 0.717) is 23.8 Å². The fraction of sp³-hybridized carbons (Fsp3) is 0.133. The summed E-state index contributed by atoms with van der Waals surface area (Å²) in [5.41, 5.74) is 1.35. The number of rotatable bonds is 6. The van der Waals surface area contributed by atoms with E-state index in [0.717, 1.165) is 5.56 Å². The lowest BCUT2D eigenvalue weighted by Crippen LogP contribution is -2.14. The summed E-state index contributed by atoms with van der Waals surface area (Å²) in [6, 6.07) is 7.49. The van der Waals surface area contributed by atoms with Crippen molar-refractivity contribution in [3.63, 3.8) is 0 Å². The molecule has 0 atom stereocenters. The van der Waals surface area contributed by atoms with E-state index in [1.807, 2.05) is 16.8 Å². The van der Waals surface area contributed by atoms with Crippen LogP contribution >= 0.6 is 11.3 Å². The van der Waals surface area contributed by atoms with Gasteiger partial charge in [-0.25, -0.2) is 13.6 Å². The summed E-state index contributed by atoms with van der Waals surface area (Å²) in [6.07, 6.45) is 0.459. The molecule has 0 aliphatic heterocycles. The van der Waals surface area contributed by atoms with Crippen LogP contribution in [-0.4, -0.2) is 24.5 Å². The molecule has 0 aliphatic rings. The number of anilines is 1. The molecule has 1 amide bonds. The number of sulfonamides is 1. The molecule has 0 saturated heterocycles. The first-order valence-corrected chi connectivity index (χ1v) is 9.68. The zero-order chi connectivity index (χ0) is 17.9. The Hall–Kier alpha value is -2.56. The Bertz CT molecular complexity index is 963. The van der Waals surface area contributed by atoms with Gasteiger partial charge in [-0.3, -0.25) is 4.79 Å². The first kappa shape index (κ1) is 17.3. The van der Waals surface area contributed by atoms with Crippen LogP contribution in [0.3, 0.4) is 0 Å². The molecule has 3 rings (SSSR count). The van der Waals surface area contributed by atoms with Crippen LogP contribution in [0, 0.1) is 0 Å². The van der Waals surface area contributed by atoms with Gasteiger partial charge in [0, 0.05) is 29.5 Å². The van der Waals surface area contributed by atoms with Crippen LogP contribution in [0.5, 0.6) is 0 Å². The lowest BCUT2D eigenvalue weighted by molar-refractivity contribution is -0.116. The number of primary sulfonamides is 1. The smallest absolute Gasteiger partial charge is 0.238 e. The molecule has 1 aromatic carbocycles. The van der Waals surface area contributed by atoms with E-state index >= 15 is 0 Å². The van der Waals surface area contributed by atoms with Gasteiger partial charge in [-0.05, 0) is 35.7 Å². The Balaban J connectivity index is 1.55. The third-order valence-corrected chi connectivity index (χ3v) is 4.89. The largest absolute Gasteiger partial charge is 0.339 e. The van der Waals surface area contributed by atoms with Crippen molar-refractivity contribution in [2.24, 2.45) is 5.14 Å². The van der Waals surface area contributed by atoms with Gasteiger partial charge in [-0.2, -0.15) is 16.3 Å². The first-order valence-electron chi connectivity index (χ1n) is 7.20. The third-order valence-electron chi connectivity index (χ3n) is 3.28. The maximum atomic E-state index is 12.0. The number of nitrogens with zero attached hydrogens (tertiary/aromatic N) is 2. The molecular weight excluding hydrogens is 364 g/mol. The van der Waals surface area contributed by atoms with Crippen molar-refractivity contribution in [2.45, 2.75) is 17.7 Å². The molecule has 2 heterocycles. The number of aromatic nitrogens is 2. The number of hydrogen-bond acceptors (Lipinski definition) is 7. The van der Waals surface area contributed by atoms with Crippen molar-refractivity contribution in [3.8, 4) is 11.4 Å². The molecule has 3 aromatic rings. The number of carbonyl (C=O) groups excluding carboxylic acids is 1. The van der Waals surface area contributed by atoms with E-state index in [1.54, 1.807) is 0 Å². The minimum Gasteiger partial charge on any atom is -0.339 e. The van der Waals surface area contributed by atoms with Crippen molar-refractivity contribution in [3.05, 3.63) is 47.0 Å². The number of nitrogens with two attached hydrogens (primary N) is 1. The van der Waals surface area contributed by atoms with E-state index in [4.69, 9.17) is 9.66 Å². The summed E-state index contributed by atoms with van der Waals surface area (Å²) in [7, 11) is -3.75. The molecule has 130 valence electrons. The SMILES string of the molecule is NS(=O)(=O)c1ccc(NC(=O)CCc2nc(-c3ccsc3)no2)cc1. The zero-order valence-corrected chi connectivity index (χ0v) is 14.5. The molecule has 2 aromatic heterocycles. The van der Waals surface area contributed by atoms with Crippen LogP contribution in [0.1, 0.15) is 12.3 Å². The monoisotopic (exact) mass is 378 g/mol. The molecule has 8 nitrogen and oxygen atoms in total. The second-order valence-corrected chi connectivity index (χ2v) is 7.48. The third kappa shape index (κ3) is 4.50. The van der Waals surface area contributed by atoms with Crippen LogP contribution < -0.4 is 10.5 Å². The molecule has 3 N–H and O–H groups in total. The van der Waals surface area contributed by atoms with Gasteiger partial charge in [0.2, 0.25) is 27.6 Å². The molecule has 25 heavy (non-hydrogen) atoms. The lowest BCUT2D eigenvalue weighted by Gasteiger charge is -2.05. The predicted octanol–water partition coefficient (Wildman–Crippen LogP) is 2.02. The van der Waals surface area contributed by atoms with Crippen molar-refractivity contribution < 1.29 is 17.7 Å². The second-order valence-electron chi connectivity index (χ2n) is 5.14. The Kier molecular flexibility index (Phi) is 4.93. The van der Waals surface area contributed by atoms with Crippen LogP contribution in [0.25, 0.3) is 11.4 Å². The van der Waals surface area contributed by atoms with Gasteiger partial charge >= 0.3 is 0 Å². The van der Waals surface area contributed by atoms with Crippen molar-refractivity contribution in [1.82, 2.24) is 10.1 Å². The highest BCUT2D eigenvalue weighted by molar-refractivity contribution is 7.89. The van der Waals surface area contributed by atoms with E-state index < -0.39 is 10.0 Å². The van der Waals surface area contributed by atoms with Crippen LogP contribution in [0.2, 0.25) is 0 Å². The highest BCUT2D eigenvalue weighted by Gasteiger charge is 2.12. The van der Waals surface area contributed by atoms with Gasteiger partial charge in [-0.1, -0.05) is 5.16 Å². The maximum Gasteiger partial charge on any atom is 0.238 e. The van der Waals surface area contributed by atoms with Crippen molar-refractivity contribution in [2.75, 3.05) is 5.32 Å². The van der Waals surface area contributed by atoms with Gasteiger partial charge < -0.3 is 9.84 Å². The van der Waals surface area contributed by atoms with E-state index in [1.165, 1.54) is 35.6 Å². The highest BCUT2D eigenvalue weighted by Crippen LogP contribution is 2.19. The molecule has 0 unspecified atom stereocenters. The summed E-state index contributed by atoms with van der Waals surface area (Å²) >= 11 is 1.53. The number of benzene rings is 1. The fourth-order valence-corrected chi connectivity index (χ4v) is 3.19. The Labute approximate surface area is 147 Å². The Morgan fingerprint density at radius 3 is 2.64 bits per heavy atom. The highest BCUT2D eigenvalue weighted by atomic mass is 32.2. The molecule has 0 aliphatic carbocycles. The maximum absolute atomic E-state index is 12.0. The summed E-state index contributed by atoms with van der Waals surface area (Å²) in [6.45, 7) is 0. The van der Waals surface area contributed by atoms with Crippen LogP contribution in [0.4, 0.5) is 5.69 Å². The number of thiophene rings is 1. The molecule has 10 heteroatoms. The van der Waals surface area contributed by atoms with Crippen LogP contribution in [-0.2, 0) is 21.2 Å². The summed E-state index contributed by atoms with van der Waals surface area (Å²) < 4.78 is 27.5. The molecular formula is C15H14N4O4S2. The van der Waals surface area contributed by atoms with Gasteiger partial charge in [0.05, 0.1) is 4.90 Å². The molecule has 0 fully saturated rings. The topological polar surface area (TPSA) is 128 Å². The van der Waals surface area contributed by atoms with Crippen molar-refractivity contribution >= 4 is 33.0 Å². The quantitative estimate of drug-likeness (QED) is 0.675. The molecule has 0 radical (unpaired) electrons. The van der Waals surface area contributed by atoms with Crippen LogP contribution in [0.15, 0.2) is 50.5 Å². The summed E-state index contributed by atoms with van der Waals surface area (Å²) in [5.74, 6) is 0.620. The second kappa shape index (κ2) is 7.13. The number of amides is 1. The Morgan fingerprint density at radius 2 is 2.00 bits per heavy atom. The Morgan fingerprint density at radius 1 is 1.24 bits per heavy atom. The summed E-state index contributed by atoms with van der Waals surface area (Å²) in [4.78, 5) is 16.2. The lowest BCUT2D eigenvalue weighted by atomic mass is 10.2. The van der Waals surface area contributed by atoms with E-state index in [9.17, 15) is 13.2 Å². The van der Waals surface area contributed by atoms with E-state index in [2.05, 4.69) is 15.5 Å². The first-order chi connectivity index (χ1) is 11.9. The average Bonchev–Trinajstić information content (AvgIpc) is 3.24. The summed E-state index contributed by atoms with van der Waals surface area (Å²) in [5, 5.41) is 15.4. The number of nitrogens with one attached hydrogen (secondary N) is 1.